The Morgan fingerprint density at radius 1 is 1.25 bits per heavy atom. The molecule has 24 heavy (non-hydrogen) atoms. The molecule has 0 saturated heterocycles. The lowest BCUT2D eigenvalue weighted by Gasteiger charge is -2.18. The highest BCUT2D eigenvalue weighted by atomic mass is 35.5. The van der Waals surface area contributed by atoms with Crippen LogP contribution in [0.5, 0.6) is 5.75 Å². The zero-order valence-electron chi connectivity index (χ0n) is 14.1. The van der Waals surface area contributed by atoms with Crippen LogP contribution in [0.2, 0.25) is 10.0 Å². The van der Waals surface area contributed by atoms with Crippen LogP contribution in [-0.2, 0) is 14.3 Å². The second-order valence-electron chi connectivity index (χ2n) is 5.80. The van der Waals surface area contributed by atoms with Crippen molar-refractivity contribution in [2.75, 3.05) is 13.7 Å². The lowest BCUT2D eigenvalue weighted by atomic mass is 10.0. The molecule has 0 radical (unpaired) electrons. The monoisotopic (exact) mass is 375 g/mol. The first-order valence-corrected chi connectivity index (χ1v) is 8.54. The predicted molar refractivity (Wildman–Crippen MR) is 94.6 cm³/mol. The molecule has 1 unspecified atom stereocenters. The minimum Gasteiger partial charge on any atom is -0.492 e. The summed E-state index contributed by atoms with van der Waals surface area (Å²) in [5, 5.41) is 3.66. The Bertz CT molecular complexity index is 564. The molecule has 0 heterocycles. The smallest absolute Gasteiger partial charge is 0.328 e. The minimum atomic E-state index is -0.617. The first-order chi connectivity index (χ1) is 11.3. The van der Waals surface area contributed by atoms with Crippen molar-refractivity contribution < 1.29 is 19.1 Å². The summed E-state index contributed by atoms with van der Waals surface area (Å²) in [6, 6.07) is 4.34. The molecule has 1 amide bonds. The predicted octanol–water partition coefficient (Wildman–Crippen LogP) is 3.86. The number of hydrogen-bond acceptors (Lipinski definition) is 4. The van der Waals surface area contributed by atoms with Crippen molar-refractivity contribution in [3.05, 3.63) is 28.2 Å². The van der Waals surface area contributed by atoms with Gasteiger partial charge < -0.3 is 14.8 Å². The van der Waals surface area contributed by atoms with Gasteiger partial charge in [-0.05, 0) is 37.0 Å². The van der Waals surface area contributed by atoms with Crippen molar-refractivity contribution in [3.63, 3.8) is 0 Å². The van der Waals surface area contributed by atoms with Gasteiger partial charge in [-0.25, -0.2) is 4.79 Å². The molecule has 1 N–H and O–H groups in total. The SMILES string of the molecule is COC(=O)C(CC(C)C)NC(=O)CCCOc1ccc(Cl)cc1Cl. The molecule has 0 spiro atoms. The van der Waals surface area contributed by atoms with E-state index in [1.165, 1.54) is 7.11 Å². The van der Waals surface area contributed by atoms with Gasteiger partial charge in [0.05, 0.1) is 18.7 Å². The number of esters is 1. The first kappa shape index (κ1) is 20.6. The summed E-state index contributed by atoms with van der Waals surface area (Å²) in [5.74, 6) is 0.150. The van der Waals surface area contributed by atoms with E-state index in [1.807, 2.05) is 13.8 Å². The van der Waals surface area contributed by atoms with Crippen LogP contribution in [0.25, 0.3) is 0 Å². The molecular formula is C17H23Cl2NO4. The van der Waals surface area contributed by atoms with E-state index in [0.29, 0.717) is 35.2 Å². The number of carbonyl (C=O) groups is 2. The Morgan fingerprint density at radius 3 is 2.54 bits per heavy atom. The van der Waals surface area contributed by atoms with Gasteiger partial charge in [0.1, 0.15) is 11.8 Å². The van der Waals surface area contributed by atoms with E-state index in [0.717, 1.165) is 0 Å². The highest BCUT2D eigenvalue weighted by molar-refractivity contribution is 6.35. The summed E-state index contributed by atoms with van der Waals surface area (Å²) in [6.45, 7) is 4.29. The Kier molecular flexibility index (Phi) is 8.93. The highest BCUT2D eigenvalue weighted by Gasteiger charge is 2.22. The van der Waals surface area contributed by atoms with Gasteiger partial charge in [0.25, 0.3) is 0 Å². The molecule has 0 aromatic heterocycles. The van der Waals surface area contributed by atoms with Crippen molar-refractivity contribution >= 4 is 35.1 Å². The zero-order valence-corrected chi connectivity index (χ0v) is 15.6. The summed E-state index contributed by atoms with van der Waals surface area (Å²) in [7, 11) is 1.31. The van der Waals surface area contributed by atoms with Gasteiger partial charge in [-0.1, -0.05) is 37.0 Å². The van der Waals surface area contributed by atoms with Crippen LogP contribution in [0.1, 0.15) is 33.1 Å². The lowest BCUT2D eigenvalue weighted by molar-refractivity contribution is -0.145. The van der Waals surface area contributed by atoms with E-state index < -0.39 is 12.0 Å². The number of halogens is 2. The maximum Gasteiger partial charge on any atom is 0.328 e. The Morgan fingerprint density at radius 2 is 1.96 bits per heavy atom. The molecule has 1 aromatic carbocycles. The van der Waals surface area contributed by atoms with E-state index in [1.54, 1.807) is 18.2 Å². The second-order valence-corrected chi connectivity index (χ2v) is 6.64. The van der Waals surface area contributed by atoms with Gasteiger partial charge in [-0.15, -0.1) is 0 Å². The summed E-state index contributed by atoms with van der Waals surface area (Å²) in [4.78, 5) is 23.6. The zero-order chi connectivity index (χ0) is 18.1. The van der Waals surface area contributed by atoms with Gasteiger partial charge in [0.2, 0.25) is 5.91 Å². The number of hydrogen-bond donors (Lipinski definition) is 1. The van der Waals surface area contributed by atoms with Crippen molar-refractivity contribution in [2.45, 2.75) is 39.2 Å². The van der Waals surface area contributed by atoms with E-state index in [2.05, 4.69) is 5.32 Å². The van der Waals surface area contributed by atoms with Crippen LogP contribution in [0.4, 0.5) is 0 Å². The molecule has 5 nitrogen and oxygen atoms in total. The molecule has 0 aliphatic rings. The number of carbonyl (C=O) groups excluding carboxylic acids is 2. The van der Waals surface area contributed by atoms with Crippen molar-refractivity contribution in [3.8, 4) is 5.75 Å². The Balaban J connectivity index is 2.38. The quantitative estimate of drug-likeness (QED) is 0.525. The third-order valence-electron chi connectivity index (χ3n) is 3.23. The van der Waals surface area contributed by atoms with Crippen molar-refractivity contribution in [2.24, 2.45) is 5.92 Å². The maximum absolute atomic E-state index is 12.0. The number of amides is 1. The molecule has 1 aromatic rings. The molecule has 0 aliphatic carbocycles. The third kappa shape index (κ3) is 7.41. The first-order valence-electron chi connectivity index (χ1n) is 7.78. The molecule has 1 atom stereocenters. The van der Waals surface area contributed by atoms with Crippen LogP contribution in [0.3, 0.4) is 0 Å². The van der Waals surface area contributed by atoms with Gasteiger partial charge in [-0.2, -0.15) is 0 Å². The van der Waals surface area contributed by atoms with Gasteiger partial charge in [0.15, 0.2) is 0 Å². The van der Waals surface area contributed by atoms with Crippen LogP contribution in [-0.4, -0.2) is 31.6 Å². The number of benzene rings is 1. The normalized spacial score (nSPS) is 11.9. The van der Waals surface area contributed by atoms with Crippen molar-refractivity contribution in [1.82, 2.24) is 5.32 Å². The standard InChI is InChI=1S/C17H23Cl2NO4/c1-11(2)9-14(17(22)23-3)20-16(21)5-4-8-24-15-7-6-12(18)10-13(15)19/h6-7,10-11,14H,4-5,8-9H2,1-3H3,(H,20,21). The molecule has 7 heteroatoms. The van der Waals surface area contributed by atoms with E-state index in [4.69, 9.17) is 32.7 Å². The topological polar surface area (TPSA) is 64.6 Å². The lowest BCUT2D eigenvalue weighted by Crippen LogP contribution is -2.42. The van der Waals surface area contributed by atoms with E-state index in [9.17, 15) is 9.59 Å². The average Bonchev–Trinajstić information content (AvgIpc) is 2.51. The van der Waals surface area contributed by atoms with Gasteiger partial charge in [-0.3, -0.25) is 4.79 Å². The molecular weight excluding hydrogens is 353 g/mol. The van der Waals surface area contributed by atoms with Crippen molar-refractivity contribution in [1.29, 1.82) is 0 Å². The van der Waals surface area contributed by atoms with Gasteiger partial charge in [0, 0.05) is 11.4 Å². The summed E-state index contributed by atoms with van der Waals surface area (Å²) in [5.41, 5.74) is 0. The fourth-order valence-corrected chi connectivity index (χ4v) is 2.56. The Hall–Kier alpha value is -1.46. The van der Waals surface area contributed by atoms with Crippen LogP contribution in [0, 0.1) is 5.92 Å². The highest BCUT2D eigenvalue weighted by Crippen LogP contribution is 2.27. The number of nitrogens with one attached hydrogen (secondary N) is 1. The van der Waals surface area contributed by atoms with Crippen LogP contribution < -0.4 is 10.1 Å². The molecule has 0 fully saturated rings. The fraction of sp³-hybridized carbons (Fsp3) is 0.529. The molecule has 0 saturated carbocycles. The molecule has 0 aliphatic heterocycles. The van der Waals surface area contributed by atoms with Crippen LogP contribution >= 0.6 is 23.2 Å². The van der Waals surface area contributed by atoms with E-state index >= 15 is 0 Å². The third-order valence-corrected chi connectivity index (χ3v) is 3.76. The fourth-order valence-electron chi connectivity index (χ4n) is 2.10. The largest absolute Gasteiger partial charge is 0.492 e. The Labute approximate surface area is 152 Å². The van der Waals surface area contributed by atoms with E-state index in [-0.39, 0.29) is 18.2 Å². The minimum absolute atomic E-state index is 0.211. The number of methoxy groups -OCH3 is 1. The summed E-state index contributed by atoms with van der Waals surface area (Å²) < 4.78 is 10.2. The molecule has 0 bridgehead atoms. The maximum atomic E-state index is 12.0. The number of rotatable bonds is 9. The number of ether oxygens (including phenoxy) is 2. The van der Waals surface area contributed by atoms with Crippen LogP contribution in [0.15, 0.2) is 18.2 Å². The molecule has 1 rings (SSSR count). The molecule has 134 valence electrons. The van der Waals surface area contributed by atoms with Gasteiger partial charge >= 0.3 is 5.97 Å². The summed E-state index contributed by atoms with van der Waals surface area (Å²) in [6.07, 6.45) is 1.28. The average molecular weight is 376 g/mol. The second kappa shape index (κ2) is 10.4. The summed E-state index contributed by atoms with van der Waals surface area (Å²) >= 11 is 11.8.